The molecule has 0 amide bonds. The van der Waals surface area contributed by atoms with E-state index in [2.05, 4.69) is 49.3 Å². The Hall–Kier alpha value is -1.38. The van der Waals surface area contributed by atoms with Gasteiger partial charge in [0.15, 0.2) is 0 Å². The van der Waals surface area contributed by atoms with Crippen molar-refractivity contribution in [1.29, 1.82) is 0 Å². The third-order valence-electron chi connectivity index (χ3n) is 3.57. The van der Waals surface area contributed by atoms with E-state index in [1.54, 1.807) is 6.20 Å². The number of rotatable bonds is 5. The minimum atomic E-state index is 0.222. The first kappa shape index (κ1) is 15.0. The molecule has 3 heteroatoms. The number of likely N-dealkylation sites (N-methyl/N-ethyl adjacent to an activating group) is 1. The largest absolute Gasteiger partial charge is 0.309 e. The average molecular weight is 289 g/mol. The fourth-order valence-corrected chi connectivity index (χ4v) is 2.40. The van der Waals surface area contributed by atoms with Crippen molar-refractivity contribution in [1.82, 2.24) is 10.3 Å². The SMILES string of the molecule is CCNC(Cc1ccc(C)c(C)c1)c1ccc(Cl)cn1. The smallest absolute Gasteiger partial charge is 0.0589 e. The second-order valence-corrected chi connectivity index (χ2v) is 5.57. The molecule has 0 saturated carbocycles. The summed E-state index contributed by atoms with van der Waals surface area (Å²) in [5.74, 6) is 0. The molecule has 0 aliphatic rings. The maximum absolute atomic E-state index is 5.91. The van der Waals surface area contributed by atoms with Gasteiger partial charge in [-0.15, -0.1) is 0 Å². The molecule has 0 bridgehead atoms. The molecule has 0 radical (unpaired) electrons. The van der Waals surface area contributed by atoms with Crippen LogP contribution in [0.25, 0.3) is 0 Å². The summed E-state index contributed by atoms with van der Waals surface area (Å²) < 4.78 is 0. The summed E-state index contributed by atoms with van der Waals surface area (Å²) in [5.41, 5.74) is 5.03. The number of hydrogen-bond donors (Lipinski definition) is 1. The topological polar surface area (TPSA) is 24.9 Å². The highest BCUT2D eigenvalue weighted by Crippen LogP contribution is 2.20. The Morgan fingerprint density at radius 2 is 1.95 bits per heavy atom. The first-order valence-corrected chi connectivity index (χ1v) is 7.39. The molecule has 0 aliphatic carbocycles. The van der Waals surface area contributed by atoms with Gasteiger partial charge in [-0.2, -0.15) is 0 Å². The number of pyridine rings is 1. The lowest BCUT2D eigenvalue weighted by Gasteiger charge is -2.18. The van der Waals surface area contributed by atoms with Crippen molar-refractivity contribution >= 4 is 11.6 Å². The lowest BCUT2D eigenvalue weighted by Crippen LogP contribution is -2.23. The lowest BCUT2D eigenvalue weighted by atomic mass is 9.99. The number of benzene rings is 1. The highest BCUT2D eigenvalue weighted by Gasteiger charge is 2.12. The van der Waals surface area contributed by atoms with Gasteiger partial charge in [0, 0.05) is 6.20 Å². The summed E-state index contributed by atoms with van der Waals surface area (Å²) >= 11 is 5.91. The molecule has 2 aromatic rings. The van der Waals surface area contributed by atoms with Crippen LogP contribution in [0.5, 0.6) is 0 Å². The molecule has 2 rings (SSSR count). The summed E-state index contributed by atoms with van der Waals surface area (Å²) in [7, 11) is 0. The number of nitrogens with one attached hydrogen (secondary N) is 1. The van der Waals surface area contributed by atoms with Crippen LogP contribution in [0.2, 0.25) is 5.02 Å². The van der Waals surface area contributed by atoms with Gasteiger partial charge in [0.1, 0.15) is 0 Å². The molecule has 0 aliphatic heterocycles. The zero-order valence-corrected chi connectivity index (χ0v) is 13.0. The van der Waals surface area contributed by atoms with E-state index in [-0.39, 0.29) is 6.04 Å². The van der Waals surface area contributed by atoms with Gasteiger partial charge in [0.2, 0.25) is 0 Å². The Morgan fingerprint density at radius 3 is 2.55 bits per heavy atom. The van der Waals surface area contributed by atoms with E-state index in [1.807, 2.05) is 12.1 Å². The van der Waals surface area contributed by atoms with Crippen molar-refractivity contribution in [3.63, 3.8) is 0 Å². The number of nitrogens with zero attached hydrogens (tertiary/aromatic N) is 1. The standard InChI is InChI=1S/C17H21ClN2/c1-4-19-17(16-8-7-15(18)11-20-16)10-14-6-5-12(2)13(3)9-14/h5-9,11,17,19H,4,10H2,1-3H3. The molecule has 1 aromatic heterocycles. The van der Waals surface area contributed by atoms with Crippen LogP contribution in [0.1, 0.15) is 35.3 Å². The van der Waals surface area contributed by atoms with Crippen molar-refractivity contribution in [3.05, 3.63) is 63.9 Å². The molecule has 1 N–H and O–H groups in total. The molecule has 106 valence electrons. The molecule has 20 heavy (non-hydrogen) atoms. The molecule has 0 saturated heterocycles. The van der Waals surface area contributed by atoms with Gasteiger partial charge in [-0.1, -0.05) is 36.7 Å². The molecule has 1 aromatic carbocycles. The predicted octanol–water partition coefficient (Wildman–Crippen LogP) is 4.25. The van der Waals surface area contributed by atoms with Crippen LogP contribution in [-0.4, -0.2) is 11.5 Å². The third kappa shape index (κ3) is 3.81. The van der Waals surface area contributed by atoms with Gasteiger partial charge in [0.25, 0.3) is 0 Å². The van der Waals surface area contributed by atoms with Crippen molar-refractivity contribution in [2.45, 2.75) is 33.2 Å². The fraction of sp³-hybridized carbons (Fsp3) is 0.353. The fourth-order valence-electron chi connectivity index (χ4n) is 2.29. The molecule has 1 heterocycles. The molecule has 1 unspecified atom stereocenters. The Morgan fingerprint density at radius 1 is 1.15 bits per heavy atom. The number of halogens is 1. The second-order valence-electron chi connectivity index (χ2n) is 5.13. The third-order valence-corrected chi connectivity index (χ3v) is 3.79. The molecule has 1 atom stereocenters. The highest BCUT2D eigenvalue weighted by molar-refractivity contribution is 6.30. The number of aryl methyl sites for hydroxylation is 2. The molecule has 0 spiro atoms. The van der Waals surface area contributed by atoms with Crippen molar-refractivity contribution < 1.29 is 0 Å². The Kier molecular flexibility index (Phi) is 5.16. The molecular weight excluding hydrogens is 268 g/mol. The van der Waals surface area contributed by atoms with Crippen LogP contribution in [0, 0.1) is 13.8 Å². The maximum atomic E-state index is 5.91. The summed E-state index contributed by atoms with van der Waals surface area (Å²) in [6, 6.07) is 10.8. The maximum Gasteiger partial charge on any atom is 0.0589 e. The minimum absolute atomic E-state index is 0.222. The summed E-state index contributed by atoms with van der Waals surface area (Å²) in [6.07, 6.45) is 2.64. The van der Waals surface area contributed by atoms with Crippen molar-refractivity contribution in [2.75, 3.05) is 6.54 Å². The highest BCUT2D eigenvalue weighted by atomic mass is 35.5. The van der Waals surface area contributed by atoms with Gasteiger partial charge >= 0.3 is 0 Å². The normalized spacial score (nSPS) is 12.4. The van der Waals surface area contributed by atoms with Gasteiger partial charge < -0.3 is 5.32 Å². The summed E-state index contributed by atoms with van der Waals surface area (Å²) in [4.78, 5) is 4.44. The number of hydrogen-bond acceptors (Lipinski definition) is 2. The van der Waals surface area contributed by atoms with Gasteiger partial charge in [-0.25, -0.2) is 0 Å². The van der Waals surface area contributed by atoms with Gasteiger partial charge in [-0.3, -0.25) is 4.98 Å². The van der Waals surface area contributed by atoms with E-state index in [9.17, 15) is 0 Å². The van der Waals surface area contributed by atoms with Crippen LogP contribution >= 0.6 is 11.6 Å². The van der Waals surface area contributed by atoms with Crippen LogP contribution in [0.15, 0.2) is 36.5 Å². The average Bonchev–Trinajstić information content (AvgIpc) is 2.43. The monoisotopic (exact) mass is 288 g/mol. The Bertz CT molecular complexity index is 564. The zero-order chi connectivity index (χ0) is 14.5. The molecule has 0 fully saturated rings. The van der Waals surface area contributed by atoms with E-state index in [1.165, 1.54) is 16.7 Å². The van der Waals surface area contributed by atoms with E-state index in [0.29, 0.717) is 5.02 Å². The second kappa shape index (κ2) is 6.87. The Balaban J connectivity index is 2.20. The quantitative estimate of drug-likeness (QED) is 0.890. The van der Waals surface area contributed by atoms with Crippen LogP contribution in [-0.2, 0) is 6.42 Å². The number of aromatic nitrogens is 1. The molecule has 2 nitrogen and oxygen atoms in total. The van der Waals surface area contributed by atoms with Crippen molar-refractivity contribution in [3.8, 4) is 0 Å². The first-order valence-electron chi connectivity index (χ1n) is 7.01. The first-order chi connectivity index (χ1) is 9.60. The van der Waals surface area contributed by atoms with Crippen molar-refractivity contribution in [2.24, 2.45) is 0 Å². The summed E-state index contributed by atoms with van der Waals surface area (Å²) in [5, 5.41) is 4.17. The Labute approximate surface area is 126 Å². The van der Waals surface area contributed by atoms with Crippen LogP contribution < -0.4 is 5.32 Å². The van der Waals surface area contributed by atoms with E-state index in [4.69, 9.17) is 11.6 Å². The predicted molar refractivity (Wildman–Crippen MR) is 85.3 cm³/mol. The van der Waals surface area contributed by atoms with Crippen LogP contribution in [0.3, 0.4) is 0 Å². The van der Waals surface area contributed by atoms with Gasteiger partial charge in [-0.05, 0) is 55.6 Å². The van der Waals surface area contributed by atoms with Crippen LogP contribution in [0.4, 0.5) is 0 Å². The minimum Gasteiger partial charge on any atom is -0.309 e. The summed E-state index contributed by atoms with van der Waals surface area (Å²) in [6.45, 7) is 7.33. The van der Waals surface area contributed by atoms with Gasteiger partial charge in [0.05, 0.1) is 16.8 Å². The van der Waals surface area contributed by atoms with E-state index in [0.717, 1.165) is 18.7 Å². The van der Waals surface area contributed by atoms with E-state index >= 15 is 0 Å². The zero-order valence-electron chi connectivity index (χ0n) is 12.3. The lowest BCUT2D eigenvalue weighted by molar-refractivity contribution is 0.536. The van der Waals surface area contributed by atoms with E-state index < -0.39 is 0 Å². The molecular formula is C17H21ClN2.